The number of rotatable bonds is 5. The van der Waals surface area contributed by atoms with Crippen molar-refractivity contribution in [1.82, 2.24) is 9.88 Å². The quantitative estimate of drug-likeness (QED) is 0.897. The van der Waals surface area contributed by atoms with Crippen molar-refractivity contribution < 1.29 is 4.79 Å². The van der Waals surface area contributed by atoms with Crippen LogP contribution in [0.4, 0.5) is 5.82 Å². The molecule has 20 heavy (non-hydrogen) atoms. The molecule has 2 rings (SSSR count). The number of carbonyl (C=O) groups is 1. The standard InChI is InChI=1S/C16H25N3O/c1-3-17-15-10-9-14(11-18-15)16(20)19(2)12-13-7-5-4-6-8-13/h9-11,13H,3-8,12H2,1-2H3,(H,17,18). The van der Waals surface area contributed by atoms with Crippen molar-refractivity contribution >= 4 is 11.7 Å². The topological polar surface area (TPSA) is 45.2 Å². The van der Waals surface area contributed by atoms with Gasteiger partial charge in [0.25, 0.3) is 5.91 Å². The van der Waals surface area contributed by atoms with Crippen LogP contribution in [0.25, 0.3) is 0 Å². The summed E-state index contributed by atoms with van der Waals surface area (Å²) in [6, 6.07) is 3.72. The largest absolute Gasteiger partial charge is 0.370 e. The summed E-state index contributed by atoms with van der Waals surface area (Å²) < 4.78 is 0. The lowest BCUT2D eigenvalue weighted by Gasteiger charge is -2.27. The molecule has 0 aliphatic heterocycles. The molecule has 0 atom stereocenters. The Bertz CT molecular complexity index is 424. The molecule has 0 radical (unpaired) electrons. The van der Waals surface area contributed by atoms with Crippen LogP contribution in [0.15, 0.2) is 18.3 Å². The predicted molar refractivity (Wildman–Crippen MR) is 81.9 cm³/mol. The summed E-state index contributed by atoms with van der Waals surface area (Å²) in [4.78, 5) is 18.5. The van der Waals surface area contributed by atoms with Gasteiger partial charge in [-0.15, -0.1) is 0 Å². The van der Waals surface area contributed by atoms with Gasteiger partial charge in [-0.3, -0.25) is 4.79 Å². The third-order valence-electron chi connectivity index (χ3n) is 3.97. The molecule has 1 aliphatic rings. The van der Waals surface area contributed by atoms with Crippen LogP contribution < -0.4 is 5.32 Å². The van der Waals surface area contributed by atoms with Gasteiger partial charge in [-0.25, -0.2) is 4.98 Å². The summed E-state index contributed by atoms with van der Waals surface area (Å²) in [5.41, 5.74) is 0.671. The normalized spacial score (nSPS) is 15.9. The summed E-state index contributed by atoms with van der Waals surface area (Å²) in [5.74, 6) is 1.57. The number of nitrogens with one attached hydrogen (secondary N) is 1. The Balaban J connectivity index is 1.91. The molecule has 1 amide bonds. The van der Waals surface area contributed by atoms with Gasteiger partial charge in [0.15, 0.2) is 0 Å². The number of hydrogen-bond acceptors (Lipinski definition) is 3. The molecule has 4 heteroatoms. The summed E-state index contributed by atoms with van der Waals surface area (Å²) >= 11 is 0. The Morgan fingerprint density at radius 2 is 2.10 bits per heavy atom. The summed E-state index contributed by atoms with van der Waals surface area (Å²) in [5, 5.41) is 3.13. The van der Waals surface area contributed by atoms with Gasteiger partial charge in [0.05, 0.1) is 5.56 Å². The number of pyridine rings is 1. The third kappa shape index (κ3) is 3.95. The fourth-order valence-electron chi connectivity index (χ4n) is 2.87. The Kier molecular flexibility index (Phi) is 5.39. The highest BCUT2D eigenvalue weighted by Gasteiger charge is 2.19. The molecule has 0 aromatic carbocycles. The van der Waals surface area contributed by atoms with Gasteiger partial charge in [-0.2, -0.15) is 0 Å². The van der Waals surface area contributed by atoms with Crippen molar-refractivity contribution in [3.63, 3.8) is 0 Å². The molecule has 1 fully saturated rings. The lowest BCUT2D eigenvalue weighted by molar-refractivity contribution is 0.0760. The molecule has 1 aromatic rings. The van der Waals surface area contributed by atoms with Gasteiger partial charge in [0.1, 0.15) is 5.82 Å². The van der Waals surface area contributed by atoms with Crippen molar-refractivity contribution in [2.75, 3.05) is 25.5 Å². The summed E-state index contributed by atoms with van der Waals surface area (Å²) in [6.07, 6.45) is 8.16. The maximum Gasteiger partial charge on any atom is 0.255 e. The number of aromatic nitrogens is 1. The summed E-state index contributed by atoms with van der Waals surface area (Å²) in [7, 11) is 1.90. The zero-order valence-corrected chi connectivity index (χ0v) is 12.6. The molecule has 1 aromatic heterocycles. The molecule has 1 heterocycles. The van der Waals surface area contributed by atoms with Gasteiger partial charge in [-0.1, -0.05) is 19.3 Å². The van der Waals surface area contributed by atoms with Gasteiger partial charge in [0.2, 0.25) is 0 Å². The molecule has 0 saturated heterocycles. The SMILES string of the molecule is CCNc1ccc(C(=O)N(C)CC2CCCCC2)cn1. The van der Waals surface area contributed by atoms with Gasteiger partial charge < -0.3 is 10.2 Å². The second-order valence-electron chi connectivity index (χ2n) is 5.65. The average Bonchev–Trinajstić information content (AvgIpc) is 2.48. The second-order valence-corrected chi connectivity index (χ2v) is 5.65. The monoisotopic (exact) mass is 275 g/mol. The van der Waals surface area contributed by atoms with Crippen LogP contribution in [0.3, 0.4) is 0 Å². The van der Waals surface area contributed by atoms with Crippen molar-refractivity contribution in [2.45, 2.75) is 39.0 Å². The fourth-order valence-corrected chi connectivity index (χ4v) is 2.87. The zero-order valence-electron chi connectivity index (χ0n) is 12.6. The molecular formula is C16H25N3O. The maximum atomic E-state index is 12.4. The minimum Gasteiger partial charge on any atom is -0.370 e. The number of anilines is 1. The lowest BCUT2D eigenvalue weighted by atomic mass is 9.89. The highest BCUT2D eigenvalue weighted by atomic mass is 16.2. The zero-order chi connectivity index (χ0) is 14.4. The minimum atomic E-state index is 0.0751. The predicted octanol–water partition coefficient (Wildman–Crippen LogP) is 3.17. The van der Waals surface area contributed by atoms with E-state index in [0.29, 0.717) is 11.5 Å². The fraction of sp³-hybridized carbons (Fsp3) is 0.625. The third-order valence-corrected chi connectivity index (χ3v) is 3.97. The van der Waals surface area contributed by atoms with Gasteiger partial charge in [0, 0.05) is 26.3 Å². The van der Waals surface area contributed by atoms with Gasteiger partial charge in [-0.05, 0) is 37.8 Å². The van der Waals surface area contributed by atoms with E-state index < -0.39 is 0 Å². The van der Waals surface area contributed by atoms with E-state index in [0.717, 1.165) is 18.9 Å². The van der Waals surface area contributed by atoms with E-state index in [1.807, 2.05) is 31.0 Å². The molecule has 0 spiro atoms. The van der Waals surface area contributed by atoms with Crippen LogP contribution in [-0.4, -0.2) is 35.9 Å². The van der Waals surface area contributed by atoms with Crippen molar-refractivity contribution in [2.24, 2.45) is 5.92 Å². The molecule has 0 bridgehead atoms. The van der Waals surface area contributed by atoms with Crippen LogP contribution in [-0.2, 0) is 0 Å². The van der Waals surface area contributed by atoms with E-state index in [2.05, 4.69) is 10.3 Å². The number of amides is 1. The highest BCUT2D eigenvalue weighted by molar-refractivity contribution is 5.93. The van der Waals surface area contributed by atoms with E-state index in [9.17, 15) is 4.79 Å². The average molecular weight is 275 g/mol. The lowest BCUT2D eigenvalue weighted by Crippen LogP contribution is -2.32. The first-order valence-corrected chi connectivity index (χ1v) is 7.66. The number of nitrogens with zero attached hydrogens (tertiary/aromatic N) is 2. The highest BCUT2D eigenvalue weighted by Crippen LogP contribution is 2.24. The summed E-state index contributed by atoms with van der Waals surface area (Å²) in [6.45, 7) is 3.73. The Morgan fingerprint density at radius 1 is 1.35 bits per heavy atom. The Hall–Kier alpha value is -1.58. The van der Waals surface area contributed by atoms with E-state index in [1.54, 1.807) is 6.20 Å². The Labute approximate surface area is 121 Å². The second kappa shape index (κ2) is 7.27. The van der Waals surface area contributed by atoms with Crippen LogP contribution in [0, 0.1) is 5.92 Å². The van der Waals surface area contributed by atoms with E-state index in [-0.39, 0.29) is 5.91 Å². The van der Waals surface area contributed by atoms with Crippen LogP contribution in [0.2, 0.25) is 0 Å². The van der Waals surface area contributed by atoms with Crippen LogP contribution in [0.1, 0.15) is 49.4 Å². The molecule has 0 unspecified atom stereocenters. The van der Waals surface area contributed by atoms with Crippen molar-refractivity contribution in [3.05, 3.63) is 23.9 Å². The van der Waals surface area contributed by atoms with E-state index >= 15 is 0 Å². The molecule has 1 aliphatic carbocycles. The molecule has 1 N–H and O–H groups in total. The van der Waals surface area contributed by atoms with Gasteiger partial charge >= 0.3 is 0 Å². The first-order valence-electron chi connectivity index (χ1n) is 7.66. The first kappa shape index (κ1) is 14.8. The molecular weight excluding hydrogens is 250 g/mol. The van der Waals surface area contributed by atoms with Crippen molar-refractivity contribution in [1.29, 1.82) is 0 Å². The smallest absolute Gasteiger partial charge is 0.255 e. The van der Waals surface area contributed by atoms with Crippen molar-refractivity contribution in [3.8, 4) is 0 Å². The van der Waals surface area contributed by atoms with Crippen LogP contribution in [0.5, 0.6) is 0 Å². The van der Waals surface area contributed by atoms with Crippen LogP contribution >= 0.6 is 0 Å². The van der Waals surface area contributed by atoms with E-state index in [4.69, 9.17) is 0 Å². The minimum absolute atomic E-state index is 0.0751. The molecule has 1 saturated carbocycles. The number of carbonyl (C=O) groups excluding carboxylic acids is 1. The molecule has 4 nitrogen and oxygen atoms in total. The molecule has 110 valence electrons. The maximum absolute atomic E-state index is 12.4. The van der Waals surface area contributed by atoms with E-state index in [1.165, 1.54) is 32.1 Å². The first-order chi connectivity index (χ1) is 9.70. The Morgan fingerprint density at radius 3 is 2.70 bits per heavy atom. The number of hydrogen-bond donors (Lipinski definition) is 1.